The zero-order chi connectivity index (χ0) is 10.6. The van der Waals surface area contributed by atoms with Gasteiger partial charge in [-0.1, -0.05) is 44.8 Å². The van der Waals surface area contributed by atoms with E-state index in [1.807, 2.05) is 0 Å². The summed E-state index contributed by atoms with van der Waals surface area (Å²) in [5, 5.41) is 0. The predicted molar refractivity (Wildman–Crippen MR) is 64.0 cm³/mol. The van der Waals surface area contributed by atoms with Crippen molar-refractivity contribution in [1.82, 2.24) is 0 Å². The van der Waals surface area contributed by atoms with Crippen LogP contribution in [-0.4, -0.2) is 7.85 Å². The zero-order valence-electron chi connectivity index (χ0n) is 9.56. The zero-order valence-corrected chi connectivity index (χ0v) is 9.56. The summed E-state index contributed by atoms with van der Waals surface area (Å²) < 4.78 is 0. The molecule has 1 aromatic rings. The number of aryl methyl sites for hydroxylation is 1. The first-order chi connectivity index (χ1) is 6.78. The minimum Gasteiger partial charge on any atom is -0.0640 e. The van der Waals surface area contributed by atoms with Crippen LogP contribution in [0.2, 0.25) is 0 Å². The van der Waals surface area contributed by atoms with Crippen molar-refractivity contribution < 1.29 is 0 Å². The van der Waals surface area contributed by atoms with Crippen LogP contribution in [0.1, 0.15) is 43.0 Å². The van der Waals surface area contributed by atoms with Crippen molar-refractivity contribution in [2.75, 3.05) is 0 Å². The molecule has 2 radical (unpaired) electrons. The molecule has 74 valence electrons. The third-order valence-corrected chi connectivity index (χ3v) is 2.93. The highest BCUT2D eigenvalue weighted by molar-refractivity contribution is 6.08. The van der Waals surface area contributed by atoms with Crippen molar-refractivity contribution in [3.8, 4) is 0 Å². The van der Waals surface area contributed by atoms with Gasteiger partial charge in [0.05, 0.1) is 7.85 Å². The summed E-state index contributed by atoms with van der Waals surface area (Å²) in [6, 6.07) is 4.43. The Morgan fingerprint density at radius 2 is 1.36 bits per heavy atom. The summed E-state index contributed by atoms with van der Waals surface area (Å²) in [5.74, 6) is 0. The monoisotopic (exact) mass is 186 g/mol. The third-order valence-electron chi connectivity index (χ3n) is 2.93. The summed E-state index contributed by atoms with van der Waals surface area (Å²) in [7, 11) is 5.74. The van der Waals surface area contributed by atoms with E-state index in [-0.39, 0.29) is 0 Å². The molecular weight excluding hydrogens is 167 g/mol. The van der Waals surface area contributed by atoms with Gasteiger partial charge in [0, 0.05) is 0 Å². The fraction of sp³-hybridized carbons (Fsp3) is 0.538. The molecule has 0 aromatic heterocycles. The Labute approximate surface area is 89.1 Å². The standard InChI is InChI=1S/C13H19B/c1-4-10-7-8-11(9-14)13(6-3)12(10)5-2/h7-8H,4-6,9H2,1-3H3. The van der Waals surface area contributed by atoms with Gasteiger partial charge in [-0.05, 0) is 36.0 Å². The van der Waals surface area contributed by atoms with E-state index in [4.69, 9.17) is 7.85 Å². The van der Waals surface area contributed by atoms with Gasteiger partial charge in [0.15, 0.2) is 0 Å². The topological polar surface area (TPSA) is 0 Å². The lowest BCUT2D eigenvalue weighted by molar-refractivity contribution is 0.964. The molecule has 14 heavy (non-hydrogen) atoms. The molecule has 0 atom stereocenters. The van der Waals surface area contributed by atoms with E-state index in [9.17, 15) is 0 Å². The summed E-state index contributed by atoms with van der Waals surface area (Å²) in [6.45, 7) is 6.66. The van der Waals surface area contributed by atoms with E-state index >= 15 is 0 Å². The second-order valence-electron chi connectivity index (χ2n) is 3.61. The molecule has 0 fully saturated rings. The number of benzene rings is 1. The summed E-state index contributed by atoms with van der Waals surface area (Å²) >= 11 is 0. The summed E-state index contributed by atoms with van der Waals surface area (Å²) in [6.07, 6.45) is 4.02. The first kappa shape index (κ1) is 11.4. The molecule has 1 heteroatoms. The van der Waals surface area contributed by atoms with E-state index in [0.29, 0.717) is 6.32 Å². The Bertz CT molecular complexity index is 271. The third kappa shape index (κ3) is 2.02. The molecule has 0 aliphatic rings. The van der Waals surface area contributed by atoms with Crippen LogP contribution in [-0.2, 0) is 25.6 Å². The quantitative estimate of drug-likeness (QED) is 0.634. The Morgan fingerprint density at radius 3 is 1.79 bits per heavy atom. The molecule has 0 heterocycles. The normalized spacial score (nSPS) is 10.5. The van der Waals surface area contributed by atoms with Gasteiger partial charge in [0.1, 0.15) is 0 Å². The molecular formula is C13H19B. The highest BCUT2D eigenvalue weighted by Crippen LogP contribution is 2.21. The van der Waals surface area contributed by atoms with Crippen LogP contribution in [0, 0.1) is 0 Å². The van der Waals surface area contributed by atoms with Crippen LogP contribution in [0.3, 0.4) is 0 Å². The van der Waals surface area contributed by atoms with Gasteiger partial charge in [-0.3, -0.25) is 0 Å². The maximum atomic E-state index is 5.74. The predicted octanol–water partition coefficient (Wildman–Crippen LogP) is 3.04. The van der Waals surface area contributed by atoms with Gasteiger partial charge in [-0.25, -0.2) is 0 Å². The average Bonchev–Trinajstić information content (AvgIpc) is 2.26. The second kappa shape index (κ2) is 5.24. The lowest BCUT2D eigenvalue weighted by Gasteiger charge is -2.15. The Morgan fingerprint density at radius 1 is 0.857 bits per heavy atom. The minimum absolute atomic E-state index is 0.667. The summed E-state index contributed by atoms with van der Waals surface area (Å²) in [4.78, 5) is 0. The fourth-order valence-corrected chi connectivity index (χ4v) is 2.19. The van der Waals surface area contributed by atoms with E-state index in [1.165, 1.54) is 22.3 Å². The Hall–Kier alpha value is -0.715. The van der Waals surface area contributed by atoms with Crippen molar-refractivity contribution in [2.24, 2.45) is 0 Å². The molecule has 0 bridgehead atoms. The molecule has 0 nitrogen and oxygen atoms in total. The molecule has 0 aliphatic heterocycles. The summed E-state index contributed by atoms with van der Waals surface area (Å²) in [5.41, 5.74) is 5.82. The van der Waals surface area contributed by atoms with Gasteiger partial charge in [0.2, 0.25) is 0 Å². The molecule has 0 saturated heterocycles. The Balaban J connectivity index is 3.28. The van der Waals surface area contributed by atoms with Crippen LogP contribution >= 0.6 is 0 Å². The smallest absolute Gasteiger partial charge is 0.0640 e. The van der Waals surface area contributed by atoms with Crippen LogP contribution in [0.5, 0.6) is 0 Å². The molecule has 0 N–H and O–H groups in total. The average molecular weight is 186 g/mol. The second-order valence-corrected chi connectivity index (χ2v) is 3.61. The maximum absolute atomic E-state index is 5.74. The van der Waals surface area contributed by atoms with Crippen LogP contribution < -0.4 is 0 Å². The maximum Gasteiger partial charge on any atom is 0.0716 e. The van der Waals surface area contributed by atoms with Gasteiger partial charge in [0.25, 0.3) is 0 Å². The van der Waals surface area contributed by atoms with Crippen molar-refractivity contribution in [3.63, 3.8) is 0 Å². The fourth-order valence-electron chi connectivity index (χ4n) is 2.19. The number of hydrogen-bond donors (Lipinski definition) is 0. The number of rotatable bonds is 4. The lowest BCUT2D eigenvalue weighted by atomic mass is 9.86. The van der Waals surface area contributed by atoms with Crippen LogP contribution in [0.15, 0.2) is 12.1 Å². The largest absolute Gasteiger partial charge is 0.0716 e. The molecule has 1 rings (SSSR count). The molecule has 0 aliphatic carbocycles. The Kier molecular flexibility index (Phi) is 4.25. The van der Waals surface area contributed by atoms with Crippen LogP contribution in [0.25, 0.3) is 0 Å². The molecule has 0 amide bonds. The van der Waals surface area contributed by atoms with Crippen LogP contribution in [0.4, 0.5) is 0 Å². The van der Waals surface area contributed by atoms with Crippen molar-refractivity contribution in [2.45, 2.75) is 46.4 Å². The van der Waals surface area contributed by atoms with Crippen molar-refractivity contribution in [1.29, 1.82) is 0 Å². The van der Waals surface area contributed by atoms with Gasteiger partial charge < -0.3 is 0 Å². The highest BCUT2D eigenvalue weighted by Gasteiger charge is 2.07. The van der Waals surface area contributed by atoms with Gasteiger partial charge in [-0.15, -0.1) is 0 Å². The van der Waals surface area contributed by atoms with Crippen molar-refractivity contribution >= 4 is 7.85 Å². The minimum atomic E-state index is 0.667. The molecule has 1 aromatic carbocycles. The highest BCUT2D eigenvalue weighted by atomic mass is 14.1. The molecule has 0 spiro atoms. The van der Waals surface area contributed by atoms with E-state index in [1.54, 1.807) is 0 Å². The lowest BCUT2D eigenvalue weighted by Crippen LogP contribution is -2.02. The van der Waals surface area contributed by atoms with E-state index in [2.05, 4.69) is 32.9 Å². The number of hydrogen-bond acceptors (Lipinski definition) is 0. The van der Waals surface area contributed by atoms with E-state index in [0.717, 1.165) is 19.3 Å². The van der Waals surface area contributed by atoms with Gasteiger partial charge >= 0.3 is 0 Å². The van der Waals surface area contributed by atoms with E-state index < -0.39 is 0 Å². The molecule has 0 unspecified atom stereocenters. The SMILES string of the molecule is [B]Cc1ccc(CC)c(CC)c1CC. The molecule has 0 saturated carbocycles. The first-order valence-corrected chi connectivity index (χ1v) is 5.60. The van der Waals surface area contributed by atoms with Gasteiger partial charge in [-0.2, -0.15) is 0 Å². The first-order valence-electron chi connectivity index (χ1n) is 5.60. The van der Waals surface area contributed by atoms with Crippen molar-refractivity contribution in [3.05, 3.63) is 34.4 Å².